The third kappa shape index (κ3) is 3.45. The lowest BCUT2D eigenvalue weighted by Crippen LogP contribution is -2.40. The van der Waals surface area contributed by atoms with Gasteiger partial charge in [-0.05, 0) is 31.1 Å². The Kier molecular flexibility index (Phi) is 5.34. The predicted molar refractivity (Wildman–Crippen MR) is 130 cm³/mol. The van der Waals surface area contributed by atoms with Crippen LogP contribution in [0, 0.1) is 6.92 Å². The number of aromatic amines is 1. The summed E-state index contributed by atoms with van der Waals surface area (Å²) < 4.78 is 7.30. The number of ether oxygens (including phenoxy) is 1. The van der Waals surface area contributed by atoms with Gasteiger partial charge in [-0.3, -0.25) is 9.36 Å². The number of nitrogens with zero attached hydrogens (tertiary/aromatic N) is 2. The molecule has 1 aliphatic rings. The molecule has 0 spiro atoms. The molecular formula is C26H23N3O3S. The summed E-state index contributed by atoms with van der Waals surface area (Å²) in [6, 6.07) is 17.0. The van der Waals surface area contributed by atoms with Gasteiger partial charge < -0.3 is 9.72 Å². The number of allylic oxidation sites excluding steroid dienone is 1. The van der Waals surface area contributed by atoms with Gasteiger partial charge in [0.05, 0.1) is 29.0 Å². The molecule has 1 N–H and O–H groups in total. The molecule has 7 heteroatoms. The molecule has 0 aliphatic carbocycles. The molecule has 6 nitrogen and oxygen atoms in total. The molecular weight excluding hydrogens is 434 g/mol. The van der Waals surface area contributed by atoms with Crippen molar-refractivity contribution in [2.24, 2.45) is 4.99 Å². The molecule has 0 amide bonds. The summed E-state index contributed by atoms with van der Waals surface area (Å²) in [6.07, 6.45) is 2.48. The summed E-state index contributed by atoms with van der Waals surface area (Å²) in [7, 11) is 1.36. The van der Waals surface area contributed by atoms with Gasteiger partial charge in [-0.2, -0.15) is 0 Å². The van der Waals surface area contributed by atoms with Crippen molar-refractivity contribution in [3.05, 3.63) is 102 Å². The van der Waals surface area contributed by atoms with E-state index >= 15 is 0 Å². The number of rotatable bonds is 4. The van der Waals surface area contributed by atoms with Crippen molar-refractivity contribution in [3.8, 4) is 0 Å². The Labute approximate surface area is 194 Å². The number of carbonyl (C=O) groups is 1. The zero-order chi connectivity index (χ0) is 23.1. The molecule has 4 aromatic rings. The molecule has 33 heavy (non-hydrogen) atoms. The van der Waals surface area contributed by atoms with Crippen molar-refractivity contribution in [3.63, 3.8) is 0 Å². The lowest BCUT2D eigenvalue weighted by Gasteiger charge is -2.25. The number of para-hydroxylation sites is 1. The Hall–Kier alpha value is -3.71. The van der Waals surface area contributed by atoms with E-state index in [0.717, 1.165) is 27.7 Å². The molecule has 1 atom stereocenters. The van der Waals surface area contributed by atoms with Gasteiger partial charge in [0, 0.05) is 22.2 Å². The number of benzene rings is 2. The molecule has 0 saturated heterocycles. The summed E-state index contributed by atoms with van der Waals surface area (Å²) >= 11 is 1.34. The fourth-order valence-electron chi connectivity index (χ4n) is 4.43. The maximum atomic E-state index is 13.7. The molecule has 0 unspecified atom stereocenters. The highest BCUT2D eigenvalue weighted by molar-refractivity contribution is 7.07. The van der Waals surface area contributed by atoms with Crippen LogP contribution < -0.4 is 14.9 Å². The number of carbonyl (C=O) groups excluding carboxylic acids is 1. The van der Waals surface area contributed by atoms with E-state index in [1.807, 2.05) is 74.5 Å². The Morgan fingerprint density at radius 1 is 1.18 bits per heavy atom. The van der Waals surface area contributed by atoms with Gasteiger partial charge in [0.2, 0.25) is 0 Å². The van der Waals surface area contributed by atoms with Crippen LogP contribution in [0.2, 0.25) is 0 Å². The zero-order valence-electron chi connectivity index (χ0n) is 18.6. The maximum absolute atomic E-state index is 13.7. The van der Waals surface area contributed by atoms with Crippen molar-refractivity contribution < 1.29 is 9.53 Å². The average molecular weight is 458 g/mol. The van der Waals surface area contributed by atoms with E-state index in [2.05, 4.69) is 4.98 Å². The van der Waals surface area contributed by atoms with Crippen molar-refractivity contribution in [2.45, 2.75) is 26.3 Å². The van der Waals surface area contributed by atoms with E-state index in [1.165, 1.54) is 18.4 Å². The first-order valence-corrected chi connectivity index (χ1v) is 11.6. The molecule has 0 fully saturated rings. The monoisotopic (exact) mass is 457 g/mol. The summed E-state index contributed by atoms with van der Waals surface area (Å²) in [4.78, 5) is 35.2. The number of aromatic nitrogens is 2. The van der Waals surface area contributed by atoms with Gasteiger partial charge in [-0.1, -0.05) is 66.8 Å². The SMILES string of the molecule is CCC1=C(C(=O)OC)[C@H](c2ccccc2)n2c(s/c(=C\c3c(C)[nH]c4ccccc34)c2=O)=N1. The Balaban J connectivity index is 1.80. The minimum absolute atomic E-state index is 0.172. The van der Waals surface area contributed by atoms with Gasteiger partial charge in [0.15, 0.2) is 4.80 Å². The van der Waals surface area contributed by atoms with Crippen LogP contribution in [0.1, 0.15) is 36.2 Å². The Morgan fingerprint density at radius 3 is 2.64 bits per heavy atom. The number of hydrogen-bond donors (Lipinski definition) is 1. The van der Waals surface area contributed by atoms with Crippen LogP contribution in [0.3, 0.4) is 0 Å². The van der Waals surface area contributed by atoms with Crippen molar-refractivity contribution >= 4 is 34.3 Å². The van der Waals surface area contributed by atoms with Crippen LogP contribution in [0.5, 0.6) is 0 Å². The second kappa shape index (κ2) is 8.33. The number of H-pyrrole nitrogens is 1. The minimum atomic E-state index is -0.587. The standard InChI is InChI=1S/C26H23N3O3S/c1-4-19-22(25(31)32-3)23(16-10-6-5-7-11-16)29-24(30)21(33-26(29)28-19)14-18-15(2)27-20-13-9-8-12-17(18)20/h5-14,23,27H,4H2,1-3H3/b21-14-/t23-/m0/s1. The second-order valence-corrected chi connectivity index (χ2v) is 8.92. The summed E-state index contributed by atoms with van der Waals surface area (Å²) in [5.74, 6) is -0.466. The third-order valence-electron chi connectivity index (χ3n) is 5.98. The number of thiazole rings is 1. The highest BCUT2D eigenvalue weighted by Gasteiger charge is 2.33. The van der Waals surface area contributed by atoms with Crippen LogP contribution in [0.15, 0.2) is 75.7 Å². The second-order valence-electron chi connectivity index (χ2n) is 7.91. The van der Waals surface area contributed by atoms with Gasteiger partial charge in [-0.25, -0.2) is 9.79 Å². The number of esters is 1. The number of nitrogens with one attached hydrogen (secondary N) is 1. The van der Waals surface area contributed by atoms with E-state index < -0.39 is 12.0 Å². The first-order chi connectivity index (χ1) is 16.0. The summed E-state index contributed by atoms with van der Waals surface area (Å²) in [5, 5.41) is 1.06. The first-order valence-electron chi connectivity index (χ1n) is 10.8. The van der Waals surface area contributed by atoms with Crippen LogP contribution >= 0.6 is 11.3 Å². The topological polar surface area (TPSA) is 76.5 Å². The van der Waals surface area contributed by atoms with Gasteiger partial charge in [0.1, 0.15) is 0 Å². The highest BCUT2D eigenvalue weighted by Crippen LogP contribution is 2.31. The lowest BCUT2D eigenvalue weighted by molar-refractivity contribution is -0.136. The molecule has 3 heterocycles. The van der Waals surface area contributed by atoms with E-state index in [1.54, 1.807) is 4.57 Å². The molecule has 166 valence electrons. The number of fused-ring (bicyclic) bond motifs is 2. The predicted octanol–water partition coefficient (Wildman–Crippen LogP) is 3.59. The highest BCUT2D eigenvalue weighted by atomic mass is 32.1. The largest absolute Gasteiger partial charge is 0.466 e. The van der Waals surface area contributed by atoms with Crippen LogP contribution in [0.4, 0.5) is 0 Å². The van der Waals surface area contributed by atoms with E-state index in [4.69, 9.17) is 9.73 Å². The molecule has 0 radical (unpaired) electrons. The third-order valence-corrected chi connectivity index (χ3v) is 6.97. The van der Waals surface area contributed by atoms with Crippen LogP contribution in [-0.4, -0.2) is 22.6 Å². The van der Waals surface area contributed by atoms with Crippen LogP contribution in [0.25, 0.3) is 17.0 Å². The number of methoxy groups -OCH3 is 1. The van der Waals surface area contributed by atoms with E-state index in [0.29, 0.717) is 27.0 Å². The quantitative estimate of drug-likeness (QED) is 0.476. The summed E-state index contributed by atoms with van der Waals surface area (Å²) in [6.45, 7) is 3.95. The normalized spacial score (nSPS) is 16.1. The zero-order valence-corrected chi connectivity index (χ0v) is 19.4. The molecule has 1 aliphatic heterocycles. The van der Waals surface area contributed by atoms with Gasteiger partial charge in [0.25, 0.3) is 5.56 Å². The molecule has 2 aromatic carbocycles. The average Bonchev–Trinajstić information content (AvgIpc) is 3.33. The number of hydrogen-bond acceptors (Lipinski definition) is 5. The molecule has 0 saturated carbocycles. The minimum Gasteiger partial charge on any atom is -0.466 e. The smallest absolute Gasteiger partial charge is 0.338 e. The van der Waals surface area contributed by atoms with E-state index in [9.17, 15) is 9.59 Å². The Bertz CT molecular complexity index is 1590. The van der Waals surface area contributed by atoms with Gasteiger partial charge in [-0.15, -0.1) is 0 Å². The Morgan fingerprint density at radius 2 is 1.91 bits per heavy atom. The van der Waals surface area contributed by atoms with E-state index in [-0.39, 0.29) is 5.56 Å². The van der Waals surface area contributed by atoms with Crippen molar-refractivity contribution in [1.82, 2.24) is 9.55 Å². The lowest BCUT2D eigenvalue weighted by atomic mass is 9.95. The fraction of sp³-hybridized carbons (Fsp3) is 0.192. The molecule has 0 bridgehead atoms. The van der Waals surface area contributed by atoms with Gasteiger partial charge >= 0.3 is 5.97 Å². The number of aryl methyl sites for hydroxylation is 1. The molecule has 2 aromatic heterocycles. The fourth-order valence-corrected chi connectivity index (χ4v) is 5.43. The van der Waals surface area contributed by atoms with Crippen LogP contribution in [-0.2, 0) is 9.53 Å². The first kappa shape index (κ1) is 21.2. The summed E-state index contributed by atoms with van der Waals surface area (Å²) in [5.41, 5.74) is 4.72. The van der Waals surface area contributed by atoms with Crippen molar-refractivity contribution in [2.75, 3.05) is 7.11 Å². The molecule has 5 rings (SSSR count). The van der Waals surface area contributed by atoms with Crippen molar-refractivity contribution in [1.29, 1.82) is 0 Å². The maximum Gasteiger partial charge on any atom is 0.338 e.